The molecule has 0 radical (unpaired) electrons. The van der Waals surface area contributed by atoms with Gasteiger partial charge in [0.1, 0.15) is 0 Å². The van der Waals surface area contributed by atoms with Crippen LogP contribution in [0.25, 0.3) is 0 Å². The molecule has 2 fully saturated rings. The van der Waals surface area contributed by atoms with Crippen molar-refractivity contribution in [3.63, 3.8) is 0 Å². The van der Waals surface area contributed by atoms with Gasteiger partial charge in [0.15, 0.2) is 12.4 Å². The summed E-state index contributed by atoms with van der Waals surface area (Å²) in [6, 6.07) is 3.37. The number of likely N-dealkylation sites (tertiary alicyclic amines) is 1. The highest BCUT2D eigenvalue weighted by Gasteiger charge is 2.24. The zero-order valence-electron chi connectivity index (χ0n) is 13.7. The van der Waals surface area contributed by atoms with Gasteiger partial charge in [-0.05, 0) is 38.1 Å². The number of hydrogen-bond donors (Lipinski definition) is 1. The van der Waals surface area contributed by atoms with Crippen molar-refractivity contribution in [2.75, 3.05) is 19.6 Å². The highest BCUT2D eigenvalue weighted by Crippen LogP contribution is 2.25. The maximum Gasteiger partial charge on any atom is 0.251 e. The van der Waals surface area contributed by atoms with E-state index in [4.69, 9.17) is 0 Å². The molecule has 5 heteroatoms. The van der Waals surface area contributed by atoms with Crippen molar-refractivity contribution in [3.05, 3.63) is 35.3 Å². The molecular formula is C18H27N3O2. The molecule has 2 aliphatic rings. The minimum absolute atomic E-state index is 0.0740. The summed E-state index contributed by atoms with van der Waals surface area (Å²) in [5, 5.41) is 14.2. The van der Waals surface area contributed by atoms with E-state index in [1.54, 1.807) is 12.1 Å². The lowest BCUT2D eigenvalue weighted by atomic mass is 9.88. The van der Waals surface area contributed by atoms with Gasteiger partial charge in [-0.15, -0.1) is 0 Å². The van der Waals surface area contributed by atoms with Gasteiger partial charge in [0.05, 0.1) is 5.56 Å². The van der Waals surface area contributed by atoms with Crippen LogP contribution in [0.3, 0.4) is 0 Å². The van der Waals surface area contributed by atoms with Gasteiger partial charge >= 0.3 is 0 Å². The Hall–Kier alpha value is -1.62. The first kappa shape index (κ1) is 16.2. The van der Waals surface area contributed by atoms with Gasteiger partial charge in [-0.25, -0.2) is 0 Å². The Morgan fingerprint density at radius 2 is 1.91 bits per heavy atom. The molecule has 5 nitrogen and oxygen atoms in total. The van der Waals surface area contributed by atoms with Crippen LogP contribution in [0.4, 0.5) is 0 Å². The molecule has 1 aliphatic heterocycles. The Balaban J connectivity index is 1.49. The Bertz CT molecular complexity index is 512. The number of amides is 1. The van der Waals surface area contributed by atoms with Crippen LogP contribution in [0.5, 0.6) is 0 Å². The third kappa shape index (κ3) is 4.67. The summed E-state index contributed by atoms with van der Waals surface area (Å²) >= 11 is 0. The summed E-state index contributed by atoms with van der Waals surface area (Å²) in [6.07, 6.45) is 11.8. The molecule has 1 saturated carbocycles. The van der Waals surface area contributed by atoms with Gasteiger partial charge < -0.3 is 15.4 Å². The van der Waals surface area contributed by atoms with E-state index >= 15 is 0 Å². The average Bonchev–Trinajstić information content (AvgIpc) is 2.57. The molecule has 0 spiro atoms. The zero-order chi connectivity index (χ0) is 16.1. The van der Waals surface area contributed by atoms with E-state index in [9.17, 15) is 10.0 Å². The number of piperidine rings is 1. The third-order valence-corrected chi connectivity index (χ3v) is 5.15. The third-order valence-electron chi connectivity index (χ3n) is 5.15. The van der Waals surface area contributed by atoms with Gasteiger partial charge in [-0.1, -0.05) is 19.3 Å². The molecule has 23 heavy (non-hydrogen) atoms. The van der Waals surface area contributed by atoms with Gasteiger partial charge in [-0.3, -0.25) is 4.79 Å². The average molecular weight is 317 g/mol. The Labute approximate surface area is 138 Å². The second-order valence-electron chi connectivity index (χ2n) is 7.02. The number of aromatic nitrogens is 1. The van der Waals surface area contributed by atoms with Crippen LogP contribution < -0.4 is 10.0 Å². The van der Waals surface area contributed by atoms with E-state index in [1.807, 2.05) is 0 Å². The first-order valence-corrected chi connectivity index (χ1v) is 8.93. The molecule has 0 unspecified atom stereocenters. The smallest absolute Gasteiger partial charge is 0.251 e. The van der Waals surface area contributed by atoms with Crippen LogP contribution in [0.15, 0.2) is 24.5 Å². The van der Waals surface area contributed by atoms with Gasteiger partial charge in [0.25, 0.3) is 5.91 Å². The molecule has 1 aliphatic carbocycles. The molecule has 1 aromatic rings. The Kier molecular flexibility index (Phi) is 5.49. The van der Waals surface area contributed by atoms with Crippen molar-refractivity contribution < 1.29 is 9.52 Å². The van der Waals surface area contributed by atoms with Gasteiger partial charge in [0.2, 0.25) is 0 Å². The topological polar surface area (TPSA) is 59.3 Å². The molecule has 2 heterocycles. The normalized spacial score (nSPS) is 23.6. The summed E-state index contributed by atoms with van der Waals surface area (Å²) in [5.41, 5.74) is 0.557. The molecule has 1 amide bonds. The SMILES string of the molecule is O=C(N[C@@H]1CCCN(CC2CCCCC2)C1)c1cc[n+]([O-])cc1. The highest BCUT2D eigenvalue weighted by molar-refractivity contribution is 5.94. The monoisotopic (exact) mass is 317 g/mol. The van der Waals surface area contributed by atoms with E-state index in [0.29, 0.717) is 10.3 Å². The van der Waals surface area contributed by atoms with E-state index in [0.717, 1.165) is 31.8 Å². The summed E-state index contributed by atoms with van der Waals surface area (Å²) < 4.78 is 0.698. The van der Waals surface area contributed by atoms with Crippen LogP contribution >= 0.6 is 0 Å². The quantitative estimate of drug-likeness (QED) is 0.683. The lowest BCUT2D eigenvalue weighted by molar-refractivity contribution is -0.605. The number of nitrogens with zero attached hydrogens (tertiary/aromatic N) is 2. The van der Waals surface area contributed by atoms with Crippen LogP contribution in [0.2, 0.25) is 0 Å². The highest BCUT2D eigenvalue weighted by atomic mass is 16.5. The lowest BCUT2D eigenvalue weighted by Crippen LogP contribution is -2.49. The first-order chi connectivity index (χ1) is 11.2. The maximum absolute atomic E-state index is 12.3. The minimum Gasteiger partial charge on any atom is -0.619 e. The van der Waals surface area contributed by atoms with Crippen LogP contribution in [0.1, 0.15) is 55.3 Å². The lowest BCUT2D eigenvalue weighted by Gasteiger charge is -2.36. The summed E-state index contributed by atoms with van der Waals surface area (Å²) in [6.45, 7) is 3.30. The predicted molar refractivity (Wildman–Crippen MR) is 88.9 cm³/mol. The fourth-order valence-corrected chi connectivity index (χ4v) is 3.91. The molecule has 1 saturated heterocycles. The van der Waals surface area contributed by atoms with Crippen LogP contribution in [0, 0.1) is 11.1 Å². The molecule has 0 aromatic carbocycles. The van der Waals surface area contributed by atoms with Crippen LogP contribution in [-0.2, 0) is 0 Å². The molecule has 126 valence electrons. The van der Waals surface area contributed by atoms with Crippen molar-refractivity contribution >= 4 is 5.91 Å². The largest absolute Gasteiger partial charge is 0.619 e. The van der Waals surface area contributed by atoms with Crippen molar-refractivity contribution in [1.29, 1.82) is 0 Å². The van der Waals surface area contributed by atoms with Gasteiger partial charge in [0, 0.05) is 31.3 Å². The molecule has 1 aromatic heterocycles. The number of nitrogens with one attached hydrogen (secondary N) is 1. The van der Waals surface area contributed by atoms with E-state index in [2.05, 4.69) is 10.2 Å². The zero-order valence-corrected chi connectivity index (χ0v) is 13.7. The van der Waals surface area contributed by atoms with E-state index in [1.165, 1.54) is 51.0 Å². The summed E-state index contributed by atoms with van der Waals surface area (Å²) in [7, 11) is 0. The standard InChI is InChI=1S/C18H27N3O2/c22-18(16-8-11-21(23)12-9-16)19-17-7-4-10-20(14-17)13-15-5-2-1-3-6-15/h8-9,11-12,15,17H,1-7,10,13-14H2,(H,19,22)/t17-/m1/s1. The molecular weight excluding hydrogens is 290 g/mol. The van der Waals surface area contributed by atoms with E-state index in [-0.39, 0.29) is 11.9 Å². The summed E-state index contributed by atoms with van der Waals surface area (Å²) in [5.74, 6) is 0.773. The van der Waals surface area contributed by atoms with Gasteiger partial charge in [-0.2, -0.15) is 4.73 Å². The first-order valence-electron chi connectivity index (χ1n) is 8.93. The molecule has 3 rings (SSSR count). The number of pyridine rings is 1. The van der Waals surface area contributed by atoms with Crippen LogP contribution in [-0.4, -0.2) is 36.5 Å². The predicted octanol–water partition coefficient (Wildman–Crippen LogP) is 2.09. The molecule has 1 atom stereocenters. The number of carbonyl (C=O) groups excluding carboxylic acids is 1. The van der Waals surface area contributed by atoms with Crippen molar-refractivity contribution in [3.8, 4) is 0 Å². The van der Waals surface area contributed by atoms with Crippen molar-refractivity contribution in [2.24, 2.45) is 5.92 Å². The number of hydrogen-bond acceptors (Lipinski definition) is 3. The second-order valence-corrected chi connectivity index (χ2v) is 7.02. The fourth-order valence-electron chi connectivity index (χ4n) is 3.91. The Morgan fingerprint density at radius 3 is 2.65 bits per heavy atom. The van der Waals surface area contributed by atoms with Crippen molar-refractivity contribution in [2.45, 2.75) is 51.0 Å². The number of carbonyl (C=O) groups is 1. The minimum atomic E-state index is -0.0740. The molecule has 0 bridgehead atoms. The fraction of sp³-hybridized carbons (Fsp3) is 0.667. The second kappa shape index (κ2) is 7.77. The van der Waals surface area contributed by atoms with Crippen molar-refractivity contribution in [1.82, 2.24) is 10.2 Å². The van der Waals surface area contributed by atoms with E-state index < -0.39 is 0 Å². The Morgan fingerprint density at radius 1 is 1.17 bits per heavy atom. The summed E-state index contributed by atoms with van der Waals surface area (Å²) in [4.78, 5) is 14.8. The number of rotatable bonds is 4. The molecule has 1 N–H and O–H groups in total. The maximum atomic E-state index is 12.3.